The first-order valence-corrected chi connectivity index (χ1v) is 8.24. The second-order valence-electron chi connectivity index (χ2n) is 6.34. The lowest BCUT2D eigenvalue weighted by molar-refractivity contribution is -0.00145. The van der Waals surface area contributed by atoms with E-state index in [-0.39, 0.29) is 12.0 Å². The largest absolute Gasteiger partial charge is 0.392 e. The molecule has 0 saturated heterocycles. The van der Waals surface area contributed by atoms with Crippen LogP contribution in [0.15, 0.2) is 4.52 Å². The van der Waals surface area contributed by atoms with Crippen molar-refractivity contribution >= 4 is 0 Å². The van der Waals surface area contributed by atoms with Crippen LogP contribution in [0, 0.1) is 11.8 Å². The Balaban J connectivity index is 2.04. The molecule has 1 heterocycles. The fourth-order valence-corrected chi connectivity index (χ4v) is 2.92. The van der Waals surface area contributed by atoms with Gasteiger partial charge in [-0.3, -0.25) is 0 Å². The normalized spacial score (nSPS) is 19.9. The first-order valence-electron chi connectivity index (χ1n) is 8.24. The van der Waals surface area contributed by atoms with Gasteiger partial charge in [-0.15, -0.1) is 0 Å². The molecule has 2 rings (SSSR count). The molecule has 5 heteroatoms. The van der Waals surface area contributed by atoms with Gasteiger partial charge in [0.1, 0.15) is 6.10 Å². The van der Waals surface area contributed by atoms with Crippen LogP contribution in [0.3, 0.4) is 0 Å². The van der Waals surface area contributed by atoms with E-state index in [1.807, 2.05) is 20.8 Å². The van der Waals surface area contributed by atoms with E-state index < -0.39 is 6.10 Å². The number of nitrogens with zero attached hydrogens (tertiary/aromatic N) is 2. The third-order valence-electron chi connectivity index (χ3n) is 4.32. The monoisotopic (exact) mass is 296 g/mol. The van der Waals surface area contributed by atoms with Crippen LogP contribution in [-0.4, -0.2) is 28.0 Å². The molecular weight excluding hydrogens is 268 g/mol. The molecule has 1 N–H and O–H groups in total. The third kappa shape index (κ3) is 4.51. The van der Waals surface area contributed by atoms with E-state index >= 15 is 0 Å². The highest BCUT2D eigenvalue weighted by molar-refractivity contribution is 4.96. The number of ether oxygens (including phenoxy) is 1. The summed E-state index contributed by atoms with van der Waals surface area (Å²) in [6.45, 7) is 6.61. The molecule has 1 aromatic heterocycles. The number of rotatable bonds is 7. The van der Waals surface area contributed by atoms with E-state index in [0.29, 0.717) is 30.7 Å². The molecule has 0 bridgehead atoms. The van der Waals surface area contributed by atoms with E-state index in [2.05, 4.69) is 10.1 Å². The lowest BCUT2D eigenvalue weighted by Gasteiger charge is -2.27. The molecule has 5 nitrogen and oxygen atoms in total. The van der Waals surface area contributed by atoms with Crippen LogP contribution in [0.25, 0.3) is 0 Å². The lowest BCUT2D eigenvalue weighted by Crippen LogP contribution is -2.21. The Morgan fingerprint density at radius 3 is 2.62 bits per heavy atom. The molecule has 2 unspecified atom stereocenters. The van der Waals surface area contributed by atoms with Crippen molar-refractivity contribution in [2.45, 2.75) is 71.5 Å². The van der Waals surface area contributed by atoms with Gasteiger partial charge in [-0.1, -0.05) is 38.3 Å². The average molecular weight is 296 g/mol. The average Bonchev–Trinajstić information content (AvgIpc) is 2.93. The molecule has 2 atom stereocenters. The minimum atomic E-state index is -0.446. The zero-order valence-corrected chi connectivity index (χ0v) is 13.4. The zero-order valence-electron chi connectivity index (χ0n) is 13.4. The van der Waals surface area contributed by atoms with Gasteiger partial charge < -0.3 is 14.4 Å². The molecule has 21 heavy (non-hydrogen) atoms. The second kappa shape index (κ2) is 7.90. The van der Waals surface area contributed by atoms with Crippen molar-refractivity contribution in [3.05, 3.63) is 11.7 Å². The summed E-state index contributed by atoms with van der Waals surface area (Å²) in [4.78, 5) is 4.46. The Bertz CT molecular complexity index is 413. The van der Waals surface area contributed by atoms with Crippen LogP contribution in [0.2, 0.25) is 0 Å². The molecule has 0 radical (unpaired) electrons. The Hall–Kier alpha value is -0.940. The van der Waals surface area contributed by atoms with Crippen molar-refractivity contribution < 1.29 is 14.4 Å². The first-order chi connectivity index (χ1) is 10.1. The highest BCUT2D eigenvalue weighted by Gasteiger charge is 2.29. The van der Waals surface area contributed by atoms with Gasteiger partial charge in [-0.2, -0.15) is 4.98 Å². The SMILES string of the molecule is CCOC(c1noc(CC(O)C(C)C)n1)C1CCCCC1. The predicted molar refractivity (Wildman–Crippen MR) is 79.8 cm³/mol. The number of aliphatic hydroxyl groups excluding tert-OH is 1. The molecule has 1 aliphatic carbocycles. The van der Waals surface area contributed by atoms with Gasteiger partial charge in [0.05, 0.1) is 12.5 Å². The summed E-state index contributed by atoms with van der Waals surface area (Å²) in [6.07, 6.45) is 6.06. The summed E-state index contributed by atoms with van der Waals surface area (Å²) < 4.78 is 11.2. The van der Waals surface area contributed by atoms with E-state index in [0.717, 1.165) is 0 Å². The van der Waals surface area contributed by atoms with Gasteiger partial charge >= 0.3 is 0 Å². The first kappa shape index (κ1) is 16.4. The van der Waals surface area contributed by atoms with Crippen LogP contribution in [-0.2, 0) is 11.2 Å². The lowest BCUT2D eigenvalue weighted by atomic mass is 9.85. The Morgan fingerprint density at radius 2 is 2.00 bits per heavy atom. The van der Waals surface area contributed by atoms with E-state index in [4.69, 9.17) is 9.26 Å². The van der Waals surface area contributed by atoms with Gasteiger partial charge in [0.25, 0.3) is 0 Å². The maximum atomic E-state index is 9.92. The van der Waals surface area contributed by atoms with Crippen LogP contribution >= 0.6 is 0 Å². The predicted octanol–water partition coefficient (Wildman–Crippen LogP) is 3.29. The summed E-state index contributed by atoms with van der Waals surface area (Å²) in [6, 6.07) is 0. The maximum absolute atomic E-state index is 9.92. The quantitative estimate of drug-likeness (QED) is 0.836. The Labute approximate surface area is 127 Å². The maximum Gasteiger partial charge on any atom is 0.229 e. The highest BCUT2D eigenvalue weighted by Crippen LogP contribution is 2.35. The second-order valence-corrected chi connectivity index (χ2v) is 6.34. The summed E-state index contributed by atoms with van der Waals surface area (Å²) >= 11 is 0. The standard InChI is InChI=1S/C16H28N2O3/c1-4-20-15(12-8-6-5-7-9-12)16-17-14(21-18-16)10-13(19)11(2)3/h11-13,15,19H,4-10H2,1-3H3. The molecule has 1 aliphatic rings. The van der Waals surface area contributed by atoms with Crippen LogP contribution in [0.1, 0.15) is 70.7 Å². The Kier molecular flexibility index (Phi) is 6.18. The van der Waals surface area contributed by atoms with Gasteiger partial charge in [-0.25, -0.2) is 0 Å². The number of hydrogen-bond donors (Lipinski definition) is 1. The fourth-order valence-electron chi connectivity index (χ4n) is 2.92. The number of hydrogen-bond acceptors (Lipinski definition) is 5. The molecular formula is C16H28N2O3. The van der Waals surface area contributed by atoms with Crippen molar-refractivity contribution in [3.63, 3.8) is 0 Å². The van der Waals surface area contributed by atoms with Crippen molar-refractivity contribution in [1.29, 1.82) is 0 Å². The van der Waals surface area contributed by atoms with Gasteiger partial charge in [-0.05, 0) is 31.6 Å². The van der Waals surface area contributed by atoms with Crippen LogP contribution in [0.5, 0.6) is 0 Å². The van der Waals surface area contributed by atoms with Crippen molar-refractivity contribution in [2.24, 2.45) is 11.8 Å². The fraction of sp³-hybridized carbons (Fsp3) is 0.875. The zero-order chi connectivity index (χ0) is 15.2. The molecule has 1 fully saturated rings. The molecule has 0 amide bonds. The molecule has 120 valence electrons. The summed E-state index contributed by atoms with van der Waals surface area (Å²) in [5.74, 6) is 1.82. The number of aromatic nitrogens is 2. The molecule has 0 aliphatic heterocycles. The highest BCUT2D eigenvalue weighted by atomic mass is 16.5. The van der Waals surface area contributed by atoms with Crippen molar-refractivity contribution in [1.82, 2.24) is 10.1 Å². The smallest absolute Gasteiger partial charge is 0.229 e. The van der Waals surface area contributed by atoms with Gasteiger partial charge in [0.2, 0.25) is 11.7 Å². The molecule has 1 aromatic rings. The molecule has 0 aromatic carbocycles. The number of aliphatic hydroxyl groups is 1. The summed E-state index contributed by atoms with van der Waals surface area (Å²) in [5, 5.41) is 14.0. The van der Waals surface area contributed by atoms with Gasteiger partial charge in [0, 0.05) is 6.61 Å². The Morgan fingerprint density at radius 1 is 1.29 bits per heavy atom. The van der Waals surface area contributed by atoms with Crippen LogP contribution in [0.4, 0.5) is 0 Å². The topological polar surface area (TPSA) is 68.4 Å². The van der Waals surface area contributed by atoms with Crippen molar-refractivity contribution in [3.8, 4) is 0 Å². The molecule has 1 saturated carbocycles. The minimum absolute atomic E-state index is 0.0657. The van der Waals surface area contributed by atoms with Gasteiger partial charge in [0.15, 0.2) is 0 Å². The van der Waals surface area contributed by atoms with E-state index in [1.165, 1.54) is 32.1 Å². The van der Waals surface area contributed by atoms with Crippen molar-refractivity contribution in [2.75, 3.05) is 6.61 Å². The minimum Gasteiger partial charge on any atom is -0.392 e. The van der Waals surface area contributed by atoms with E-state index in [9.17, 15) is 5.11 Å². The van der Waals surface area contributed by atoms with Crippen LogP contribution < -0.4 is 0 Å². The summed E-state index contributed by atoms with van der Waals surface area (Å²) in [7, 11) is 0. The summed E-state index contributed by atoms with van der Waals surface area (Å²) in [5.41, 5.74) is 0. The third-order valence-corrected chi connectivity index (χ3v) is 4.32. The molecule has 0 spiro atoms. The van der Waals surface area contributed by atoms with E-state index in [1.54, 1.807) is 0 Å².